The Morgan fingerprint density at radius 2 is 2.00 bits per heavy atom. The number of amides is 1. The summed E-state index contributed by atoms with van der Waals surface area (Å²) in [5.41, 5.74) is 2.31. The van der Waals surface area contributed by atoms with Crippen molar-refractivity contribution in [2.75, 3.05) is 5.32 Å². The van der Waals surface area contributed by atoms with Gasteiger partial charge in [0, 0.05) is 11.9 Å². The lowest BCUT2D eigenvalue weighted by Crippen LogP contribution is -2.13. The first-order valence-corrected chi connectivity index (χ1v) is 7.37. The first-order chi connectivity index (χ1) is 11.2. The van der Waals surface area contributed by atoms with Crippen molar-refractivity contribution >= 4 is 23.2 Å². The van der Waals surface area contributed by atoms with E-state index in [-0.39, 0.29) is 18.2 Å². The number of aliphatic hydroxyl groups is 1. The summed E-state index contributed by atoms with van der Waals surface area (Å²) in [7, 11) is 0. The van der Waals surface area contributed by atoms with Crippen LogP contribution in [-0.2, 0) is 6.61 Å². The van der Waals surface area contributed by atoms with Crippen LogP contribution in [0, 0.1) is 0 Å². The average Bonchev–Trinajstić information content (AvgIpc) is 3.05. The van der Waals surface area contributed by atoms with Crippen molar-refractivity contribution < 1.29 is 9.90 Å². The Balaban J connectivity index is 1.80. The Hall–Kier alpha value is -2.63. The van der Waals surface area contributed by atoms with Gasteiger partial charge in [-0.15, -0.1) is 0 Å². The first-order valence-electron chi connectivity index (χ1n) is 6.99. The second-order valence-corrected chi connectivity index (χ2v) is 5.32. The second kappa shape index (κ2) is 6.64. The standard InChI is InChI=1S/C17H14ClN3O2/c18-14-6-1-2-7-16(14)21-9-8-15(20-21)17(23)19-13-5-3-4-12(10-13)11-22/h1-10,22H,11H2,(H,19,23). The Labute approximate surface area is 138 Å². The summed E-state index contributed by atoms with van der Waals surface area (Å²) < 4.78 is 1.56. The van der Waals surface area contributed by atoms with E-state index in [0.717, 1.165) is 5.56 Å². The van der Waals surface area contributed by atoms with Gasteiger partial charge in [-0.05, 0) is 35.9 Å². The molecule has 2 N–H and O–H groups in total. The third-order valence-corrected chi connectivity index (χ3v) is 3.61. The van der Waals surface area contributed by atoms with Crippen LogP contribution in [0.3, 0.4) is 0 Å². The summed E-state index contributed by atoms with van der Waals surface area (Å²) in [6.07, 6.45) is 1.68. The molecule has 1 amide bonds. The molecule has 0 aliphatic carbocycles. The SMILES string of the molecule is O=C(Nc1cccc(CO)c1)c1ccn(-c2ccccc2Cl)n1. The monoisotopic (exact) mass is 327 g/mol. The molecule has 3 aromatic rings. The lowest BCUT2D eigenvalue weighted by atomic mass is 10.2. The molecule has 0 radical (unpaired) electrons. The highest BCUT2D eigenvalue weighted by molar-refractivity contribution is 6.32. The predicted octanol–water partition coefficient (Wildman–Crippen LogP) is 3.27. The van der Waals surface area contributed by atoms with E-state index in [0.29, 0.717) is 16.4 Å². The molecule has 0 spiro atoms. The van der Waals surface area contributed by atoms with Crippen LogP contribution in [0.15, 0.2) is 60.8 Å². The summed E-state index contributed by atoms with van der Waals surface area (Å²) in [6, 6.07) is 15.9. The number of aliphatic hydroxyl groups excluding tert-OH is 1. The summed E-state index contributed by atoms with van der Waals surface area (Å²) in [5.74, 6) is -0.328. The molecule has 0 unspecified atom stereocenters. The summed E-state index contributed by atoms with van der Waals surface area (Å²) >= 11 is 6.13. The smallest absolute Gasteiger partial charge is 0.276 e. The highest BCUT2D eigenvalue weighted by atomic mass is 35.5. The summed E-state index contributed by atoms with van der Waals surface area (Å²) in [6.45, 7) is -0.0785. The lowest BCUT2D eigenvalue weighted by molar-refractivity contribution is 0.102. The minimum atomic E-state index is -0.328. The van der Waals surface area contributed by atoms with Crippen molar-refractivity contribution in [1.29, 1.82) is 0 Å². The fraction of sp³-hybridized carbons (Fsp3) is 0.0588. The molecule has 5 nitrogen and oxygen atoms in total. The number of para-hydroxylation sites is 1. The predicted molar refractivity (Wildman–Crippen MR) is 88.9 cm³/mol. The van der Waals surface area contributed by atoms with Crippen LogP contribution in [0.25, 0.3) is 5.69 Å². The minimum absolute atomic E-state index is 0.0785. The lowest BCUT2D eigenvalue weighted by Gasteiger charge is -2.05. The van der Waals surface area contributed by atoms with Crippen molar-refractivity contribution in [3.05, 3.63) is 77.1 Å². The van der Waals surface area contributed by atoms with Crippen molar-refractivity contribution in [2.45, 2.75) is 6.61 Å². The number of rotatable bonds is 4. The quantitative estimate of drug-likeness (QED) is 0.773. The topological polar surface area (TPSA) is 67.2 Å². The van der Waals surface area contributed by atoms with E-state index in [9.17, 15) is 4.79 Å². The van der Waals surface area contributed by atoms with Gasteiger partial charge in [0.25, 0.3) is 5.91 Å². The maximum Gasteiger partial charge on any atom is 0.276 e. The van der Waals surface area contributed by atoms with Crippen molar-refractivity contribution in [2.24, 2.45) is 0 Å². The maximum absolute atomic E-state index is 12.3. The number of hydrogen-bond donors (Lipinski definition) is 2. The molecule has 1 heterocycles. The van der Waals surface area contributed by atoms with Gasteiger partial charge >= 0.3 is 0 Å². The Kier molecular flexibility index (Phi) is 4.41. The fourth-order valence-corrected chi connectivity index (χ4v) is 2.38. The number of aromatic nitrogens is 2. The number of nitrogens with one attached hydrogen (secondary N) is 1. The molecule has 0 aliphatic heterocycles. The number of hydrogen-bond acceptors (Lipinski definition) is 3. The van der Waals surface area contributed by atoms with E-state index in [1.165, 1.54) is 0 Å². The van der Waals surface area contributed by atoms with Gasteiger partial charge in [-0.1, -0.05) is 35.9 Å². The van der Waals surface area contributed by atoms with Crippen LogP contribution in [0.1, 0.15) is 16.1 Å². The molecule has 0 saturated heterocycles. The molecule has 1 aromatic heterocycles. The minimum Gasteiger partial charge on any atom is -0.392 e. The highest BCUT2D eigenvalue weighted by Gasteiger charge is 2.12. The number of anilines is 1. The van der Waals surface area contributed by atoms with E-state index in [2.05, 4.69) is 10.4 Å². The molecular weight excluding hydrogens is 314 g/mol. The molecule has 0 aliphatic rings. The van der Waals surface area contributed by atoms with Gasteiger partial charge in [0.1, 0.15) is 0 Å². The van der Waals surface area contributed by atoms with Crippen LogP contribution >= 0.6 is 11.6 Å². The summed E-state index contributed by atoms with van der Waals surface area (Å²) in [4.78, 5) is 12.3. The number of halogens is 1. The molecule has 23 heavy (non-hydrogen) atoms. The zero-order valence-electron chi connectivity index (χ0n) is 12.1. The molecule has 0 atom stereocenters. The highest BCUT2D eigenvalue weighted by Crippen LogP contribution is 2.19. The molecule has 0 saturated carbocycles. The Bertz CT molecular complexity index is 845. The van der Waals surface area contributed by atoms with Crippen LogP contribution in [-0.4, -0.2) is 20.8 Å². The van der Waals surface area contributed by atoms with Crippen LogP contribution in [0.2, 0.25) is 5.02 Å². The normalized spacial score (nSPS) is 10.5. The zero-order valence-corrected chi connectivity index (χ0v) is 12.9. The molecule has 3 rings (SSSR count). The number of benzene rings is 2. The molecule has 116 valence electrons. The fourth-order valence-electron chi connectivity index (χ4n) is 2.16. The van der Waals surface area contributed by atoms with E-state index in [4.69, 9.17) is 16.7 Å². The number of carbonyl (C=O) groups is 1. The van der Waals surface area contributed by atoms with Gasteiger partial charge in [-0.25, -0.2) is 4.68 Å². The van der Waals surface area contributed by atoms with Gasteiger partial charge in [0.15, 0.2) is 5.69 Å². The van der Waals surface area contributed by atoms with Gasteiger partial charge in [0.2, 0.25) is 0 Å². The van der Waals surface area contributed by atoms with Crippen LogP contribution in [0.4, 0.5) is 5.69 Å². The largest absolute Gasteiger partial charge is 0.392 e. The van der Waals surface area contributed by atoms with Gasteiger partial charge in [-0.3, -0.25) is 4.79 Å². The van der Waals surface area contributed by atoms with Crippen LogP contribution < -0.4 is 5.32 Å². The third kappa shape index (κ3) is 3.41. The third-order valence-electron chi connectivity index (χ3n) is 3.29. The second-order valence-electron chi connectivity index (χ2n) is 4.91. The molecule has 6 heteroatoms. The van der Waals surface area contributed by atoms with Crippen molar-refractivity contribution in [1.82, 2.24) is 9.78 Å². The van der Waals surface area contributed by atoms with E-state index in [1.54, 1.807) is 47.3 Å². The van der Waals surface area contributed by atoms with Crippen molar-refractivity contribution in [3.63, 3.8) is 0 Å². The van der Waals surface area contributed by atoms with Crippen LogP contribution in [0.5, 0.6) is 0 Å². The molecule has 0 bridgehead atoms. The zero-order chi connectivity index (χ0) is 16.2. The van der Waals surface area contributed by atoms with Gasteiger partial charge in [0.05, 0.1) is 17.3 Å². The summed E-state index contributed by atoms with van der Waals surface area (Å²) in [5, 5.41) is 16.7. The molecule has 2 aromatic carbocycles. The van der Waals surface area contributed by atoms with Gasteiger partial charge in [-0.2, -0.15) is 5.10 Å². The Morgan fingerprint density at radius 1 is 1.17 bits per heavy atom. The maximum atomic E-state index is 12.3. The van der Waals surface area contributed by atoms with E-state index < -0.39 is 0 Å². The van der Waals surface area contributed by atoms with E-state index in [1.807, 2.05) is 18.2 Å². The number of nitrogens with zero attached hydrogens (tertiary/aromatic N) is 2. The first kappa shape index (κ1) is 15.3. The average molecular weight is 328 g/mol. The number of carbonyl (C=O) groups excluding carboxylic acids is 1. The van der Waals surface area contributed by atoms with Gasteiger partial charge < -0.3 is 10.4 Å². The molecular formula is C17H14ClN3O2. The molecule has 0 fully saturated rings. The Morgan fingerprint density at radius 3 is 2.78 bits per heavy atom. The van der Waals surface area contributed by atoms with E-state index >= 15 is 0 Å². The van der Waals surface area contributed by atoms with Crippen molar-refractivity contribution in [3.8, 4) is 5.69 Å².